The van der Waals surface area contributed by atoms with Gasteiger partial charge in [-0.15, -0.1) is 0 Å². The van der Waals surface area contributed by atoms with Crippen LogP contribution in [0.5, 0.6) is 5.75 Å². The maximum atomic E-state index is 10.8. The molecule has 0 amide bonds. The van der Waals surface area contributed by atoms with Crippen LogP contribution in [0.4, 0.5) is 11.4 Å². The summed E-state index contributed by atoms with van der Waals surface area (Å²) in [5, 5.41) is 25.9. The van der Waals surface area contributed by atoms with E-state index in [2.05, 4.69) is 10.2 Å². The van der Waals surface area contributed by atoms with Crippen molar-refractivity contribution in [2.24, 2.45) is 10.2 Å². The van der Waals surface area contributed by atoms with E-state index in [1.165, 1.54) is 24.3 Å². The van der Waals surface area contributed by atoms with Crippen LogP contribution in [-0.2, 0) is 0 Å². The van der Waals surface area contributed by atoms with Crippen molar-refractivity contribution in [3.05, 3.63) is 54.1 Å². The monoisotopic (exact) mass is 242 g/mol. The van der Waals surface area contributed by atoms with Crippen LogP contribution >= 0.6 is 0 Å². The first-order chi connectivity index (χ1) is 8.65. The van der Waals surface area contributed by atoms with Crippen LogP contribution < -0.4 is 0 Å². The predicted molar refractivity (Wildman–Crippen MR) is 65.7 cm³/mol. The molecule has 0 atom stereocenters. The van der Waals surface area contributed by atoms with Crippen LogP contribution in [0, 0.1) is 0 Å². The third-order valence-electron chi connectivity index (χ3n) is 2.20. The highest BCUT2D eigenvalue weighted by Gasteiger charge is 2.02. The predicted octanol–water partition coefficient (Wildman–Crippen LogP) is 3.51. The van der Waals surface area contributed by atoms with Crippen LogP contribution in [0.25, 0.3) is 0 Å². The summed E-state index contributed by atoms with van der Waals surface area (Å²) in [6.07, 6.45) is 0. The number of benzene rings is 2. The van der Waals surface area contributed by atoms with Crippen LogP contribution in [-0.4, -0.2) is 16.2 Å². The van der Waals surface area contributed by atoms with E-state index < -0.39 is 5.97 Å². The molecule has 2 rings (SSSR count). The molecule has 0 aromatic heterocycles. The average Bonchev–Trinajstić information content (AvgIpc) is 2.37. The minimum absolute atomic E-state index is 0.103. The van der Waals surface area contributed by atoms with Gasteiger partial charge in [-0.05, 0) is 30.3 Å². The van der Waals surface area contributed by atoms with Crippen molar-refractivity contribution in [3.8, 4) is 5.75 Å². The van der Waals surface area contributed by atoms with E-state index in [9.17, 15) is 9.90 Å². The van der Waals surface area contributed by atoms with E-state index in [0.717, 1.165) is 0 Å². The molecule has 0 fully saturated rings. The zero-order valence-corrected chi connectivity index (χ0v) is 9.32. The number of rotatable bonds is 3. The van der Waals surface area contributed by atoms with Gasteiger partial charge in [-0.25, -0.2) is 4.79 Å². The molecule has 18 heavy (non-hydrogen) atoms. The number of carbonyl (C=O) groups is 1. The zero-order valence-electron chi connectivity index (χ0n) is 9.32. The summed E-state index contributed by atoms with van der Waals surface area (Å²) < 4.78 is 0. The van der Waals surface area contributed by atoms with E-state index in [4.69, 9.17) is 5.11 Å². The maximum absolute atomic E-state index is 10.8. The molecule has 0 radical (unpaired) electrons. The van der Waals surface area contributed by atoms with Gasteiger partial charge in [0, 0.05) is 6.07 Å². The van der Waals surface area contributed by atoms with E-state index in [1.807, 2.05) is 0 Å². The van der Waals surface area contributed by atoms with Gasteiger partial charge in [0.25, 0.3) is 0 Å². The summed E-state index contributed by atoms with van der Waals surface area (Å²) >= 11 is 0. The fourth-order valence-corrected chi connectivity index (χ4v) is 1.37. The molecular weight excluding hydrogens is 232 g/mol. The Morgan fingerprint density at radius 2 is 1.56 bits per heavy atom. The SMILES string of the molecule is O=C(O)c1cccc(/N=N/c2cccc(O)c2)c1. The Morgan fingerprint density at radius 3 is 2.17 bits per heavy atom. The Morgan fingerprint density at radius 1 is 0.944 bits per heavy atom. The molecule has 0 aliphatic carbocycles. The average molecular weight is 242 g/mol. The third-order valence-corrected chi connectivity index (χ3v) is 2.20. The van der Waals surface area contributed by atoms with Crippen LogP contribution in [0.3, 0.4) is 0 Å². The molecule has 0 aliphatic heterocycles. The lowest BCUT2D eigenvalue weighted by atomic mass is 10.2. The van der Waals surface area contributed by atoms with Gasteiger partial charge in [-0.3, -0.25) is 0 Å². The van der Waals surface area contributed by atoms with Gasteiger partial charge in [0.05, 0.1) is 16.9 Å². The second-order valence-corrected chi connectivity index (χ2v) is 3.58. The molecule has 2 aromatic rings. The van der Waals surface area contributed by atoms with Gasteiger partial charge < -0.3 is 10.2 Å². The largest absolute Gasteiger partial charge is 0.508 e. The Kier molecular flexibility index (Phi) is 3.33. The van der Waals surface area contributed by atoms with Gasteiger partial charge in [-0.1, -0.05) is 12.1 Å². The number of carboxylic acids is 1. The Bertz CT molecular complexity index is 609. The van der Waals surface area contributed by atoms with E-state index in [-0.39, 0.29) is 11.3 Å². The first-order valence-corrected chi connectivity index (χ1v) is 5.19. The molecule has 0 saturated heterocycles. The van der Waals surface area contributed by atoms with Crippen LogP contribution in [0.1, 0.15) is 10.4 Å². The molecule has 0 aliphatic rings. The van der Waals surface area contributed by atoms with Crippen molar-refractivity contribution >= 4 is 17.3 Å². The quantitative estimate of drug-likeness (QED) is 0.808. The first kappa shape index (κ1) is 11.8. The number of phenols is 1. The second kappa shape index (κ2) is 5.09. The lowest BCUT2D eigenvalue weighted by Gasteiger charge is -1.96. The fourth-order valence-electron chi connectivity index (χ4n) is 1.37. The van der Waals surface area contributed by atoms with E-state index in [1.54, 1.807) is 24.3 Å². The molecule has 5 heteroatoms. The Balaban J connectivity index is 2.23. The topological polar surface area (TPSA) is 82.2 Å². The minimum Gasteiger partial charge on any atom is -0.508 e. The number of phenolic OH excluding ortho intramolecular Hbond substituents is 1. The molecule has 90 valence electrons. The smallest absolute Gasteiger partial charge is 0.335 e. The molecule has 0 spiro atoms. The maximum Gasteiger partial charge on any atom is 0.335 e. The lowest BCUT2D eigenvalue weighted by molar-refractivity contribution is 0.0697. The van der Waals surface area contributed by atoms with Gasteiger partial charge in [0.15, 0.2) is 0 Å². The van der Waals surface area contributed by atoms with E-state index in [0.29, 0.717) is 11.4 Å². The number of carboxylic acid groups (broad SMARTS) is 1. The zero-order chi connectivity index (χ0) is 13.0. The number of hydrogen-bond acceptors (Lipinski definition) is 4. The first-order valence-electron chi connectivity index (χ1n) is 5.19. The highest BCUT2D eigenvalue weighted by molar-refractivity contribution is 5.88. The lowest BCUT2D eigenvalue weighted by Crippen LogP contribution is -1.94. The Labute approximate surface area is 103 Å². The molecule has 0 bridgehead atoms. The summed E-state index contributed by atoms with van der Waals surface area (Å²) in [4.78, 5) is 10.8. The normalized spacial score (nSPS) is 10.7. The summed E-state index contributed by atoms with van der Waals surface area (Å²) in [6.45, 7) is 0. The van der Waals surface area contributed by atoms with Gasteiger partial charge in [0.2, 0.25) is 0 Å². The molecule has 0 saturated carbocycles. The van der Waals surface area contributed by atoms with Gasteiger partial charge in [0.1, 0.15) is 5.75 Å². The summed E-state index contributed by atoms with van der Waals surface area (Å²) in [5.74, 6) is -0.907. The fraction of sp³-hybridized carbons (Fsp3) is 0. The number of hydrogen-bond donors (Lipinski definition) is 2. The van der Waals surface area contributed by atoms with Crippen LogP contribution in [0.15, 0.2) is 58.8 Å². The molecule has 0 unspecified atom stereocenters. The van der Waals surface area contributed by atoms with Crippen molar-refractivity contribution in [2.75, 3.05) is 0 Å². The Hall–Kier alpha value is -2.69. The van der Waals surface area contributed by atoms with E-state index >= 15 is 0 Å². The highest BCUT2D eigenvalue weighted by Crippen LogP contribution is 2.22. The number of azo groups is 1. The van der Waals surface area contributed by atoms with Crippen molar-refractivity contribution in [3.63, 3.8) is 0 Å². The molecule has 5 nitrogen and oxygen atoms in total. The van der Waals surface area contributed by atoms with Crippen molar-refractivity contribution in [1.29, 1.82) is 0 Å². The molecule has 2 N–H and O–H groups in total. The third kappa shape index (κ3) is 2.91. The van der Waals surface area contributed by atoms with Crippen molar-refractivity contribution in [2.45, 2.75) is 0 Å². The minimum atomic E-state index is -1.01. The molecule has 2 aromatic carbocycles. The van der Waals surface area contributed by atoms with Crippen LogP contribution in [0.2, 0.25) is 0 Å². The number of nitrogens with zero attached hydrogens (tertiary/aromatic N) is 2. The summed E-state index contributed by atoms with van der Waals surface area (Å²) in [6, 6.07) is 12.5. The number of aromatic hydroxyl groups is 1. The summed E-state index contributed by atoms with van der Waals surface area (Å²) in [7, 11) is 0. The van der Waals surface area contributed by atoms with Gasteiger partial charge in [-0.2, -0.15) is 10.2 Å². The highest BCUT2D eigenvalue weighted by atomic mass is 16.4. The summed E-state index contributed by atoms with van der Waals surface area (Å²) in [5.41, 5.74) is 1.09. The van der Waals surface area contributed by atoms with Crippen molar-refractivity contribution < 1.29 is 15.0 Å². The molecular formula is C13H10N2O3. The van der Waals surface area contributed by atoms with Gasteiger partial charge >= 0.3 is 5.97 Å². The number of aromatic carboxylic acids is 1. The second-order valence-electron chi connectivity index (χ2n) is 3.58. The standard InChI is InChI=1S/C13H10N2O3/c16-12-6-2-5-11(8-12)15-14-10-4-1-3-9(7-10)13(17)18/h1-8,16H,(H,17,18)/b15-14+. The van der Waals surface area contributed by atoms with Crippen molar-refractivity contribution in [1.82, 2.24) is 0 Å². The molecule has 0 heterocycles.